The Morgan fingerprint density at radius 2 is 2.18 bits per heavy atom. The molecule has 4 rings (SSSR count). The maximum absolute atomic E-state index is 12.9. The van der Waals surface area contributed by atoms with Crippen molar-refractivity contribution in [1.82, 2.24) is 19.8 Å². The van der Waals surface area contributed by atoms with Gasteiger partial charge in [-0.25, -0.2) is 4.98 Å². The van der Waals surface area contributed by atoms with Crippen molar-refractivity contribution in [2.75, 3.05) is 26.3 Å². The van der Waals surface area contributed by atoms with Crippen LogP contribution in [-0.2, 0) is 28.8 Å². The van der Waals surface area contributed by atoms with E-state index in [0.29, 0.717) is 36.4 Å². The number of alkyl halides is 3. The van der Waals surface area contributed by atoms with Gasteiger partial charge in [0.1, 0.15) is 5.65 Å². The monoisotopic (exact) mass is 398 g/mol. The minimum Gasteiger partial charge on any atom is -0.381 e. The van der Waals surface area contributed by atoms with Crippen LogP contribution < -0.4 is 5.32 Å². The number of fused-ring (bicyclic) bond motifs is 3. The minimum absolute atomic E-state index is 0.0764. The largest absolute Gasteiger partial charge is 0.417 e. The number of carbonyl (C=O) groups is 1. The maximum Gasteiger partial charge on any atom is 0.417 e. The lowest BCUT2D eigenvalue weighted by Crippen LogP contribution is -2.48. The van der Waals surface area contributed by atoms with Crippen LogP contribution in [0.2, 0.25) is 0 Å². The van der Waals surface area contributed by atoms with Crippen LogP contribution in [0.25, 0.3) is 11.0 Å². The predicted octanol–water partition coefficient (Wildman–Crippen LogP) is 1.14. The molecule has 0 saturated carbocycles. The molecular weight excluding hydrogens is 377 g/mol. The van der Waals surface area contributed by atoms with Crippen molar-refractivity contribution in [2.45, 2.75) is 37.8 Å². The molecular formula is C18H21F3N4O3. The van der Waals surface area contributed by atoms with Gasteiger partial charge in [0.05, 0.1) is 25.3 Å². The quantitative estimate of drug-likeness (QED) is 0.790. The van der Waals surface area contributed by atoms with Gasteiger partial charge in [-0.3, -0.25) is 4.79 Å². The van der Waals surface area contributed by atoms with E-state index < -0.39 is 23.8 Å². The number of carbonyl (C=O) groups excluding carboxylic acids is 1. The molecule has 152 valence electrons. The van der Waals surface area contributed by atoms with E-state index in [1.165, 1.54) is 4.90 Å². The van der Waals surface area contributed by atoms with Gasteiger partial charge in [0, 0.05) is 36.4 Å². The number of nitrogens with zero attached hydrogens (tertiary/aromatic N) is 3. The Labute approximate surface area is 159 Å². The number of aliphatic hydroxyl groups is 1. The molecule has 2 aromatic heterocycles. The van der Waals surface area contributed by atoms with Crippen molar-refractivity contribution in [1.29, 1.82) is 0 Å². The molecule has 4 heterocycles. The van der Waals surface area contributed by atoms with Gasteiger partial charge in [-0.1, -0.05) is 0 Å². The summed E-state index contributed by atoms with van der Waals surface area (Å²) in [6, 6.07) is 2.96. The van der Waals surface area contributed by atoms with E-state index in [1.54, 1.807) is 6.07 Å². The van der Waals surface area contributed by atoms with Crippen molar-refractivity contribution in [2.24, 2.45) is 0 Å². The number of aliphatic hydroxyl groups excluding tert-OH is 1. The van der Waals surface area contributed by atoms with Crippen LogP contribution in [0, 0.1) is 0 Å². The first-order chi connectivity index (χ1) is 13.3. The van der Waals surface area contributed by atoms with E-state index in [-0.39, 0.29) is 19.2 Å². The molecule has 2 N–H and O–H groups in total. The van der Waals surface area contributed by atoms with Gasteiger partial charge >= 0.3 is 6.18 Å². The van der Waals surface area contributed by atoms with Gasteiger partial charge in [0.15, 0.2) is 6.10 Å². The highest BCUT2D eigenvalue weighted by atomic mass is 19.4. The molecule has 2 aromatic rings. The number of amides is 1. The zero-order chi connectivity index (χ0) is 19.9. The third kappa shape index (κ3) is 3.71. The smallest absolute Gasteiger partial charge is 0.381 e. The second-order valence-electron chi connectivity index (χ2n) is 7.17. The van der Waals surface area contributed by atoms with Crippen LogP contribution in [0.3, 0.4) is 0 Å². The third-order valence-electron chi connectivity index (χ3n) is 5.21. The highest BCUT2D eigenvalue weighted by molar-refractivity contribution is 5.82. The zero-order valence-electron chi connectivity index (χ0n) is 15.1. The second kappa shape index (κ2) is 7.34. The number of hydrogen-bond donors (Lipinski definition) is 2. The van der Waals surface area contributed by atoms with E-state index in [4.69, 9.17) is 4.74 Å². The molecule has 1 fully saturated rings. The lowest BCUT2D eigenvalue weighted by Gasteiger charge is -2.31. The Morgan fingerprint density at radius 3 is 2.86 bits per heavy atom. The molecule has 0 bridgehead atoms. The van der Waals surface area contributed by atoms with Gasteiger partial charge in [-0.05, 0) is 25.1 Å². The molecule has 2 unspecified atom stereocenters. The Morgan fingerprint density at radius 1 is 1.39 bits per heavy atom. The molecule has 2 aliphatic rings. The summed E-state index contributed by atoms with van der Waals surface area (Å²) in [5.74, 6) is -0.443. The first kappa shape index (κ1) is 19.2. The number of aromatic nitrogens is 2. The standard InChI is InChI=1S/C18H21F3N4O3/c19-18(20,21)12-5-11-6-14-8-24(3-4-25(14)16(11)23-7-12)17(27)15(26)10-28-9-13-1-2-22-13/h5-7,13,15,22,26H,1-4,8-10H2. The number of rotatable bonds is 5. The highest BCUT2D eigenvalue weighted by Crippen LogP contribution is 2.32. The highest BCUT2D eigenvalue weighted by Gasteiger charge is 2.32. The Hall–Kier alpha value is -2.17. The van der Waals surface area contributed by atoms with Gasteiger partial charge in [-0.15, -0.1) is 0 Å². The van der Waals surface area contributed by atoms with Crippen LogP contribution in [0.4, 0.5) is 13.2 Å². The summed E-state index contributed by atoms with van der Waals surface area (Å²) >= 11 is 0. The molecule has 1 amide bonds. The summed E-state index contributed by atoms with van der Waals surface area (Å²) < 4.78 is 45.9. The summed E-state index contributed by atoms with van der Waals surface area (Å²) in [7, 11) is 0. The summed E-state index contributed by atoms with van der Waals surface area (Å²) in [6.45, 7) is 2.29. The predicted molar refractivity (Wildman–Crippen MR) is 93.4 cm³/mol. The van der Waals surface area contributed by atoms with E-state index in [0.717, 1.165) is 25.2 Å². The van der Waals surface area contributed by atoms with Gasteiger partial charge < -0.3 is 24.6 Å². The van der Waals surface area contributed by atoms with Crippen LogP contribution in [-0.4, -0.2) is 63.9 Å². The number of nitrogens with one attached hydrogen (secondary N) is 1. The Bertz CT molecular complexity index is 879. The average molecular weight is 398 g/mol. The number of pyridine rings is 1. The molecule has 0 aliphatic carbocycles. The molecule has 0 spiro atoms. The normalized spacial score (nSPS) is 20.7. The molecule has 28 heavy (non-hydrogen) atoms. The molecule has 0 aromatic carbocycles. The van der Waals surface area contributed by atoms with Crippen LogP contribution >= 0.6 is 0 Å². The van der Waals surface area contributed by atoms with Crippen LogP contribution in [0.15, 0.2) is 18.3 Å². The minimum atomic E-state index is -4.45. The summed E-state index contributed by atoms with van der Waals surface area (Å²) in [5, 5.41) is 13.7. The first-order valence-electron chi connectivity index (χ1n) is 9.16. The van der Waals surface area contributed by atoms with Crippen molar-refractivity contribution < 1.29 is 27.8 Å². The second-order valence-corrected chi connectivity index (χ2v) is 7.17. The molecule has 2 aliphatic heterocycles. The summed E-state index contributed by atoms with van der Waals surface area (Å²) in [5.41, 5.74) is 0.351. The fraction of sp³-hybridized carbons (Fsp3) is 0.556. The van der Waals surface area contributed by atoms with E-state index in [1.807, 2.05) is 4.57 Å². The average Bonchev–Trinajstić information content (AvgIpc) is 2.99. The Kier molecular flexibility index (Phi) is 5.02. The lowest BCUT2D eigenvalue weighted by molar-refractivity contribution is -0.145. The van der Waals surface area contributed by atoms with Crippen LogP contribution in [0.1, 0.15) is 17.7 Å². The fourth-order valence-electron chi connectivity index (χ4n) is 3.51. The van der Waals surface area contributed by atoms with Crippen molar-refractivity contribution in [3.05, 3.63) is 29.6 Å². The lowest BCUT2D eigenvalue weighted by atomic mass is 10.1. The van der Waals surface area contributed by atoms with Crippen LogP contribution in [0.5, 0.6) is 0 Å². The van der Waals surface area contributed by atoms with Gasteiger partial charge in [-0.2, -0.15) is 13.2 Å². The number of hydrogen-bond acceptors (Lipinski definition) is 5. The molecule has 2 atom stereocenters. The van der Waals surface area contributed by atoms with Crippen molar-refractivity contribution >= 4 is 16.9 Å². The fourth-order valence-corrected chi connectivity index (χ4v) is 3.51. The third-order valence-corrected chi connectivity index (χ3v) is 5.21. The van der Waals surface area contributed by atoms with Gasteiger partial charge in [0.2, 0.25) is 0 Å². The molecule has 7 nitrogen and oxygen atoms in total. The van der Waals surface area contributed by atoms with Crippen molar-refractivity contribution in [3.63, 3.8) is 0 Å². The SMILES string of the molecule is O=C(C(O)COCC1CCN1)N1CCn2c(cc3cc(C(F)(F)F)cnc32)C1. The topological polar surface area (TPSA) is 79.6 Å². The summed E-state index contributed by atoms with van der Waals surface area (Å²) in [4.78, 5) is 17.9. The summed E-state index contributed by atoms with van der Waals surface area (Å²) in [6.07, 6.45) is -3.87. The van der Waals surface area contributed by atoms with E-state index >= 15 is 0 Å². The zero-order valence-corrected chi connectivity index (χ0v) is 15.1. The molecule has 10 heteroatoms. The molecule has 0 radical (unpaired) electrons. The number of ether oxygens (including phenoxy) is 1. The first-order valence-corrected chi connectivity index (χ1v) is 9.16. The van der Waals surface area contributed by atoms with E-state index in [2.05, 4.69) is 10.3 Å². The molecule has 1 saturated heterocycles. The van der Waals surface area contributed by atoms with Gasteiger partial charge in [0.25, 0.3) is 5.91 Å². The maximum atomic E-state index is 12.9. The Balaban J connectivity index is 1.42. The van der Waals surface area contributed by atoms with E-state index in [9.17, 15) is 23.1 Å². The van der Waals surface area contributed by atoms with Crippen molar-refractivity contribution in [3.8, 4) is 0 Å². The number of halogens is 3.